The highest BCUT2D eigenvalue weighted by Gasteiger charge is 2.24. The number of hydrogen-bond acceptors (Lipinski definition) is 4. The van der Waals surface area contributed by atoms with Gasteiger partial charge < -0.3 is 14.3 Å². The molecule has 3 aromatic rings. The third kappa shape index (κ3) is 5.78. The molecule has 1 saturated heterocycles. The first-order valence-corrected chi connectivity index (χ1v) is 13.6. The molecule has 1 atom stereocenters. The molecule has 5 rings (SSSR count). The predicted molar refractivity (Wildman–Crippen MR) is 153 cm³/mol. The minimum atomic E-state index is -0.274. The molecular formula is C33H36FNO3. The van der Waals surface area contributed by atoms with E-state index >= 15 is 0 Å². The predicted octanol–water partition coefficient (Wildman–Crippen LogP) is 7.85. The fourth-order valence-corrected chi connectivity index (χ4v) is 5.63. The molecule has 2 aromatic carbocycles. The van der Waals surface area contributed by atoms with Gasteiger partial charge in [0.15, 0.2) is 0 Å². The van der Waals surface area contributed by atoms with Gasteiger partial charge in [0.2, 0.25) is 0 Å². The number of ether oxygens (including phenoxy) is 1. The van der Waals surface area contributed by atoms with Gasteiger partial charge in [-0.1, -0.05) is 24.8 Å². The number of hydrogen-bond donors (Lipinski definition) is 1. The van der Waals surface area contributed by atoms with Crippen molar-refractivity contribution in [2.45, 2.75) is 45.1 Å². The van der Waals surface area contributed by atoms with Crippen molar-refractivity contribution >= 4 is 22.1 Å². The maximum atomic E-state index is 12.6. The second-order valence-corrected chi connectivity index (χ2v) is 10.1. The third-order valence-electron chi connectivity index (χ3n) is 7.53. The molecule has 1 N–H and O–H groups in total. The normalized spacial score (nSPS) is 18.8. The van der Waals surface area contributed by atoms with Crippen molar-refractivity contribution in [2.24, 2.45) is 0 Å². The van der Waals surface area contributed by atoms with Crippen molar-refractivity contribution < 1.29 is 18.7 Å². The molecule has 5 heteroatoms. The highest BCUT2D eigenvalue weighted by molar-refractivity contribution is 6.01. The van der Waals surface area contributed by atoms with Crippen LogP contribution in [0.1, 0.15) is 49.3 Å². The van der Waals surface area contributed by atoms with E-state index in [-0.39, 0.29) is 18.5 Å². The molecule has 0 unspecified atom stereocenters. The van der Waals surface area contributed by atoms with Crippen LogP contribution in [0.2, 0.25) is 0 Å². The number of halogens is 1. The Morgan fingerprint density at radius 3 is 2.92 bits per heavy atom. The van der Waals surface area contributed by atoms with Gasteiger partial charge in [-0.3, -0.25) is 9.29 Å². The van der Waals surface area contributed by atoms with Crippen LogP contribution in [-0.2, 0) is 11.2 Å². The van der Waals surface area contributed by atoms with Gasteiger partial charge in [-0.05, 0) is 115 Å². The number of benzene rings is 2. The Balaban J connectivity index is 1.44. The number of nitrogens with zero attached hydrogens (tertiary/aromatic N) is 1. The Labute approximate surface area is 224 Å². The monoisotopic (exact) mass is 513 g/mol. The SMILES string of the molecule is C=C(/C=C\C(=C/C)O[C@H]1CCN(CCCF)C1)C1=C(c2ccc3occc3c2)CCCc2cc(O)ccc21. The summed E-state index contributed by atoms with van der Waals surface area (Å²) in [5.74, 6) is 1.10. The van der Waals surface area contributed by atoms with Gasteiger partial charge in [0.1, 0.15) is 23.2 Å². The molecule has 0 bridgehead atoms. The Kier molecular flexibility index (Phi) is 8.14. The van der Waals surface area contributed by atoms with E-state index in [2.05, 4.69) is 23.6 Å². The molecule has 0 saturated carbocycles. The van der Waals surface area contributed by atoms with Crippen LogP contribution in [0.4, 0.5) is 4.39 Å². The van der Waals surface area contributed by atoms with Gasteiger partial charge >= 0.3 is 0 Å². The zero-order valence-corrected chi connectivity index (χ0v) is 22.1. The average molecular weight is 514 g/mol. The molecule has 38 heavy (non-hydrogen) atoms. The number of fused-ring (bicyclic) bond motifs is 2. The van der Waals surface area contributed by atoms with Crippen molar-refractivity contribution in [1.29, 1.82) is 0 Å². The van der Waals surface area contributed by atoms with Gasteiger partial charge in [0.05, 0.1) is 12.9 Å². The molecule has 1 aliphatic heterocycles. The van der Waals surface area contributed by atoms with Crippen LogP contribution in [-0.4, -0.2) is 42.4 Å². The van der Waals surface area contributed by atoms with Gasteiger partial charge in [0, 0.05) is 25.0 Å². The van der Waals surface area contributed by atoms with Crippen molar-refractivity contribution in [3.8, 4) is 5.75 Å². The van der Waals surface area contributed by atoms with Crippen molar-refractivity contribution in [3.63, 3.8) is 0 Å². The van der Waals surface area contributed by atoms with Crippen LogP contribution in [0.5, 0.6) is 5.75 Å². The molecule has 1 fully saturated rings. The van der Waals surface area contributed by atoms with Crippen molar-refractivity contribution in [2.75, 3.05) is 26.3 Å². The van der Waals surface area contributed by atoms with Crippen LogP contribution >= 0.6 is 0 Å². The number of furan rings is 1. The summed E-state index contributed by atoms with van der Waals surface area (Å²) in [6.07, 6.45) is 12.2. The number of aromatic hydroxyl groups is 1. The number of likely N-dealkylation sites (tertiary alicyclic amines) is 1. The molecule has 0 radical (unpaired) electrons. The van der Waals surface area contributed by atoms with Crippen molar-refractivity contribution in [3.05, 3.63) is 102 Å². The van der Waals surface area contributed by atoms with Gasteiger partial charge in [-0.15, -0.1) is 0 Å². The molecule has 2 heterocycles. The molecule has 2 aliphatic rings. The van der Waals surface area contributed by atoms with Crippen LogP contribution in [0.25, 0.3) is 22.1 Å². The zero-order chi connectivity index (χ0) is 26.5. The van der Waals surface area contributed by atoms with E-state index in [0.717, 1.165) is 89.9 Å². The van der Waals surface area contributed by atoms with Gasteiger partial charge in [0.25, 0.3) is 0 Å². The van der Waals surface area contributed by atoms with E-state index in [1.165, 1.54) is 5.57 Å². The highest BCUT2D eigenvalue weighted by Crippen LogP contribution is 2.41. The minimum absolute atomic E-state index is 0.108. The Morgan fingerprint density at radius 2 is 2.08 bits per heavy atom. The topological polar surface area (TPSA) is 45.8 Å². The van der Waals surface area contributed by atoms with Crippen LogP contribution in [0.15, 0.2) is 89.3 Å². The number of phenolic OH excluding ortho intramolecular Hbond substituents is 1. The molecule has 0 spiro atoms. The van der Waals surface area contributed by atoms with Gasteiger partial charge in [-0.2, -0.15) is 0 Å². The second-order valence-electron chi connectivity index (χ2n) is 10.1. The molecular weight excluding hydrogens is 477 g/mol. The van der Waals surface area contributed by atoms with E-state index in [4.69, 9.17) is 9.15 Å². The van der Waals surface area contributed by atoms with Crippen LogP contribution in [0.3, 0.4) is 0 Å². The lowest BCUT2D eigenvalue weighted by atomic mass is 9.87. The van der Waals surface area contributed by atoms with Crippen molar-refractivity contribution in [1.82, 2.24) is 4.90 Å². The first-order valence-electron chi connectivity index (χ1n) is 13.6. The largest absolute Gasteiger partial charge is 0.508 e. The summed E-state index contributed by atoms with van der Waals surface area (Å²) in [6, 6.07) is 14.0. The minimum Gasteiger partial charge on any atom is -0.508 e. The number of allylic oxidation sites excluding steroid dienone is 6. The quantitative estimate of drug-likeness (QED) is 0.234. The first kappa shape index (κ1) is 26.1. The first-order chi connectivity index (χ1) is 18.6. The number of alkyl halides is 1. The second kappa shape index (κ2) is 11.9. The summed E-state index contributed by atoms with van der Waals surface area (Å²) in [5.41, 5.74) is 7.53. The van der Waals surface area contributed by atoms with Gasteiger partial charge in [-0.25, -0.2) is 0 Å². The molecule has 4 nitrogen and oxygen atoms in total. The maximum absolute atomic E-state index is 12.6. The highest BCUT2D eigenvalue weighted by atomic mass is 19.1. The van der Waals surface area contributed by atoms with E-state index in [9.17, 15) is 9.50 Å². The lowest BCUT2D eigenvalue weighted by molar-refractivity contribution is 0.128. The summed E-state index contributed by atoms with van der Waals surface area (Å²) >= 11 is 0. The van der Waals surface area contributed by atoms with E-state index < -0.39 is 0 Å². The fraction of sp³-hybridized carbons (Fsp3) is 0.333. The third-order valence-corrected chi connectivity index (χ3v) is 7.53. The molecule has 0 amide bonds. The fourth-order valence-electron chi connectivity index (χ4n) is 5.63. The van der Waals surface area contributed by atoms with E-state index in [1.807, 2.05) is 49.4 Å². The molecule has 1 aromatic heterocycles. The number of aryl methyl sites for hydroxylation is 1. The summed E-state index contributed by atoms with van der Waals surface area (Å²) < 4.78 is 24.4. The smallest absolute Gasteiger partial charge is 0.133 e. The molecule has 198 valence electrons. The summed E-state index contributed by atoms with van der Waals surface area (Å²) in [4.78, 5) is 2.27. The lowest BCUT2D eigenvalue weighted by Crippen LogP contribution is -2.24. The summed E-state index contributed by atoms with van der Waals surface area (Å²) in [6.45, 7) is 8.76. The Hall–Kier alpha value is -3.57. The zero-order valence-electron chi connectivity index (χ0n) is 22.1. The Bertz CT molecular complexity index is 1400. The standard InChI is InChI=1S/C33H36FNO3/c1-3-28(38-29-14-18-35(22-29)17-5-16-34)11-8-23(2)33-30(25-9-13-32-26(20-25)15-19-37-32)7-4-6-24-21-27(36)10-12-31(24)33/h3,8-13,15,19-21,29,36H,2,4-7,14,16-18,22H2,1H3/b11-8-,28-3+/t29-/m0/s1. The summed E-state index contributed by atoms with van der Waals surface area (Å²) in [5, 5.41) is 11.3. The lowest BCUT2D eigenvalue weighted by Gasteiger charge is -2.18. The average Bonchev–Trinajstić information content (AvgIpc) is 3.54. The molecule has 1 aliphatic carbocycles. The summed E-state index contributed by atoms with van der Waals surface area (Å²) in [7, 11) is 0. The van der Waals surface area contributed by atoms with E-state index in [0.29, 0.717) is 6.42 Å². The van der Waals surface area contributed by atoms with E-state index in [1.54, 1.807) is 12.3 Å². The van der Waals surface area contributed by atoms with Crippen LogP contribution in [0, 0.1) is 0 Å². The maximum Gasteiger partial charge on any atom is 0.133 e. The van der Waals surface area contributed by atoms with Crippen LogP contribution < -0.4 is 0 Å². The number of phenols is 1. The number of rotatable bonds is 9. The Morgan fingerprint density at radius 1 is 1.18 bits per heavy atom.